The molecule has 1 N–H and O–H groups in total. The molecule has 0 amide bonds. The minimum absolute atomic E-state index is 0.00691. The fraction of sp³-hybridized carbons (Fsp3) is 0.902. The number of aliphatic hydroxyl groups is 1. The van der Waals surface area contributed by atoms with Crippen molar-refractivity contribution in [2.24, 2.45) is 0 Å². The Morgan fingerprint density at radius 2 is 0.566 bits per heavy atom. The molecular weight excluding hydrogens is 1870 g/mol. The summed E-state index contributed by atoms with van der Waals surface area (Å²) in [6, 6.07) is 0. The van der Waals surface area contributed by atoms with E-state index in [1.165, 1.54) is 182 Å². The lowest BCUT2D eigenvalue weighted by atomic mass is 9.94. The Morgan fingerprint density at radius 1 is 0.276 bits per heavy atom. The van der Waals surface area contributed by atoms with Crippen molar-refractivity contribution in [3.63, 3.8) is 0 Å². The number of rotatable bonds is 67. The largest absolute Gasteiger partial charge is 0.463 e. The third-order valence-corrected chi connectivity index (χ3v) is 28.3. The zero-order valence-electron chi connectivity index (χ0n) is 91.4. The van der Waals surface area contributed by atoms with Crippen LogP contribution in [0.4, 0.5) is 0 Å². The molecule has 33 nitrogen and oxygen atoms in total. The van der Waals surface area contributed by atoms with Crippen LogP contribution in [-0.4, -0.2) is 237 Å². The average Bonchev–Trinajstić information content (AvgIpc) is 0.751. The fourth-order valence-corrected chi connectivity index (χ4v) is 20.5. The standard InChI is InChI=1S/C112H192O33/c1-16-20-24-27-30-33-36-39-40-41-42-45-46-49-54-59-65-71-89(120)125-75-88-93(124)98(131-81(10)114)103(135-85(14)118)112(138-88)144-102-97(143-109-104(136-86(15)119)100(133-83(12)116)95(77(6)127-109)139-90(121)72-66-60-55-50-47-43-37-34-31-28-25-21-17-2)79(8)128-110(106(102)141-92(123)74-67-61-56-51-48-44-38-35-32-29-26-22-18-3)142-96-78(7)129-111-105(101(96)134-84(13)117)140-91(122)73-68-62-57-52-53-58-64-70-87(69-63-23-19-4)137-108-107(145-111)99(132-82(11)115)94(76(5)126-108)130-80(9)113/h76-79,87-88,93-112,124H,16-75H2,1-15H3/t76-,77+,78+,79-,87+,88-,93-,94+,95+,96+,97+,98+,99+,100-,101-,102-,103-,104-,105-,106-,107-,108+,109+,110+,111+,112+/m1/s1. The van der Waals surface area contributed by atoms with Crippen molar-refractivity contribution in [1.29, 1.82) is 0 Å². The topological polar surface area (TPSA) is 402 Å². The molecule has 6 saturated heterocycles. The number of ether oxygens (including phenoxy) is 21. The van der Waals surface area contributed by atoms with Crippen molar-refractivity contribution < 1.29 is 157 Å². The minimum Gasteiger partial charge on any atom is -0.463 e. The second-order valence-electron chi connectivity index (χ2n) is 41.5. The first-order valence-electron chi connectivity index (χ1n) is 57.1. The number of unbranched alkanes of at least 4 members (excludes halogenated alkanes) is 42. The normalized spacial score (nSPS) is 29.1. The third-order valence-electron chi connectivity index (χ3n) is 28.3. The van der Waals surface area contributed by atoms with E-state index in [4.69, 9.17) is 99.5 Å². The number of carbonyl (C=O) groups is 11. The van der Waals surface area contributed by atoms with Crippen LogP contribution in [0.1, 0.15) is 483 Å². The van der Waals surface area contributed by atoms with Crippen LogP contribution >= 0.6 is 0 Å². The molecule has 838 valence electrons. The lowest BCUT2D eigenvalue weighted by molar-refractivity contribution is -0.400. The number of aliphatic hydroxyl groups excluding tert-OH is 1. The maximum Gasteiger partial charge on any atom is 0.306 e. The molecule has 26 atom stereocenters. The first kappa shape index (κ1) is 127. The molecule has 145 heavy (non-hydrogen) atoms. The summed E-state index contributed by atoms with van der Waals surface area (Å²) >= 11 is 0. The van der Waals surface area contributed by atoms with Gasteiger partial charge < -0.3 is 105 Å². The molecule has 6 heterocycles. The monoisotopic (exact) mass is 2070 g/mol. The molecule has 0 saturated carbocycles. The number of hydrogen-bond donors (Lipinski definition) is 1. The van der Waals surface area contributed by atoms with Gasteiger partial charge in [-0.3, -0.25) is 52.7 Å². The Kier molecular flexibility index (Phi) is 65.6. The molecule has 0 spiro atoms. The zero-order chi connectivity index (χ0) is 106. The predicted molar refractivity (Wildman–Crippen MR) is 541 cm³/mol. The van der Waals surface area contributed by atoms with Crippen molar-refractivity contribution >= 4 is 65.7 Å². The number of fused-ring (bicyclic) bond motifs is 2. The molecule has 0 aromatic heterocycles. The molecule has 0 unspecified atom stereocenters. The quantitative estimate of drug-likeness (QED) is 0.0336. The highest BCUT2D eigenvalue weighted by atomic mass is 16.8. The Morgan fingerprint density at radius 3 is 0.993 bits per heavy atom. The van der Waals surface area contributed by atoms with Gasteiger partial charge in [-0.05, 0) is 66.2 Å². The minimum atomic E-state index is -2.09. The van der Waals surface area contributed by atoms with E-state index in [0.29, 0.717) is 51.4 Å². The van der Waals surface area contributed by atoms with Crippen LogP contribution in [0.5, 0.6) is 0 Å². The van der Waals surface area contributed by atoms with Gasteiger partial charge in [-0.25, -0.2) is 0 Å². The van der Waals surface area contributed by atoms with Gasteiger partial charge in [-0.1, -0.05) is 342 Å². The molecule has 33 heteroatoms. The van der Waals surface area contributed by atoms with Gasteiger partial charge in [0.2, 0.25) is 0 Å². The average molecular weight is 2070 g/mol. The summed E-state index contributed by atoms with van der Waals surface area (Å²) in [6.45, 7) is 22.0. The third kappa shape index (κ3) is 50.2. The molecule has 0 radical (unpaired) electrons. The van der Waals surface area contributed by atoms with Crippen molar-refractivity contribution in [1.82, 2.24) is 0 Å². The summed E-state index contributed by atoms with van der Waals surface area (Å²) < 4.78 is 138. The Balaban J connectivity index is 1.48. The molecule has 6 aliphatic rings. The molecule has 6 fully saturated rings. The second kappa shape index (κ2) is 74.6. The maximum atomic E-state index is 15.5. The summed E-state index contributed by atoms with van der Waals surface area (Å²) in [5.41, 5.74) is 0. The summed E-state index contributed by atoms with van der Waals surface area (Å²) in [5.74, 6) is -9.26. The van der Waals surface area contributed by atoms with Crippen molar-refractivity contribution in [3.05, 3.63) is 0 Å². The zero-order valence-corrected chi connectivity index (χ0v) is 91.4. The Labute approximate surface area is 867 Å². The van der Waals surface area contributed by atoms with Gasteiger partial charge >= 0.3 is 65.7 Å². The first-order valence-corrected chi connectivity index (χ1v) is 57.1. The van der Waals surface area contributed by atoms with Crippen LogP contribution in [0.25, 0.3) is 0 Å². The van der Waals surface area contributed by atoms with Gasteiger partial charge in [0.25, 0.3) is 0 Å². The van der Waals surface area contributed by atoms with Crippen LogP contribution < -0.4 is 0 Å². The van der Waals surface area contributed by atoms with Crippen LogP contribution in [0.3, 0.4) is 0 Å². The van der Waals surface area contributed by atoms with E-state index < -0.39 is 232 Å². The van der Waals surface area contributed by atoms with Gasteiger partial charge in [0.05, 0.1) is 30.5 Å². The molecule has 0 aromatic rings. The molecule has 6 rings (SSSR count). The van der Waals surface area contributed by atoms with E-state index in [9.17, 15) is 53.1 Å². The highest BCUT2D eigenvalue weighted by Gasteiger charge is 2.62. The lowest BCUT2D eigenvalue weighted by Crippen LogP contribution is -2.69. The van der Waals surface area contributed by atoms with Crippen molar-refractivity contribution in [2.45, 2.75) is 642 Å². The smallest absolute Gasteiger partial charge is 0.306 e. The van der Waals surface area contributed by atoms with E-state index in [1.807, 2.05) is 0 Å². The molecule has 0 bridgehead atoms. The van der Waals surface area contributed by atoms with E-state index in [1.54, 1.807) is 6.92 Å². The van der Waals surface area contributed by atoms with Crippen LogP contribution in [0, 0.1) is 0 Å². The van der Waals surface area contributed by atoms with Crippen molar-refractivity contribution in [3.8, 4) is 0 Å². The number of carbonyl (C=O) groups excluding carboxylic acids is 11. The molecular formula is C112H192O33. The van der Waals surface area contributed by atoms with E-state index >= 15 is 4.79 Å². The van der Waals surface area contributed by atoms with E-state index in [0.717, 1.165) is 189 Å². The van der Waals surface area contributed by atoms with E-state index in [-0.39, 0.29) is 25.7 Å². The molecule has 0 aromatic carbocycles. The second-order valence-corrected chi connectivity index (χ2v) is 41.5. The van der Waals surface area contributed by atoms with E-state index in [2.05, 4.69) is 27.7 Å². The summed E-state index contributed by atoms with van der Waals surface area (Å²) in [6.07, 6.45) is 12.2. The highest BCUT2D eigenvalue weighted by molar-refractivity contribution is 5.72. The van der Waals surface area contributed by atoms with Gasteiger partial charge in [0, 0.05) is 74.1 Å². The van der Waals surface area contributed by atoms with Gasteiger partial charge in [0.1, 0.15) is 37.1 Å². The van der Waals surface area contributed by atoms with Crippen LogP contribution in [-0.2, 0) is 152 Å². The maximum absolute atomic E-state index is 15.5. The first-order chi connectivity index (χ1) is 69.9. The number of esters is 11. The summed E-state index contributed by atoms with van der Waals surface area (Å²) in [5, 5.41) is 12.5. The fourth-order valence-electron chi connectivity index (χ4n) is 20.5. The van der Waals surface area contributed by atoms with Gasteiger partial charge in [0.15, 0.2) is 98.6 Å². The number of hydrogen-bond acceptors (Lipinski definition) is 33. The van der Waals surface area contributed by atoms with Crippen molar-refractivity contribution in [2.75, 3.05) is 6.61 Å². The Bertz CT molecular complexity index is 3580. The van der Waals surface area contributed by atoms with Crippen LogP contribution in [0.2, 0.25) is 0 Å². The van der Waals surface area contributed by atoms with Gasteiger partial charge in [-0.15, -0.1) is 0 Å². The lowest BCUT2D eigenvalue weighted by Gasteiger charge is -2.52. The highest BCUT2D eigenvalue weighted by Crippen LogP contribution is 2.43. The molecule has 0 aliphatic carbocycles. The Hall–Kier alpha value is -6.27. The SMILES string of the molecule is CCCCCCCCCCCCCCCCCCCC(=O)OC[C@H]1O[C@@H](O[C@@H]2[C@@H](O[C@@H]3O[C@@H](C)[C@H](OC(=O)CCCCCCCCCCCCCCC)[C@@H](OC(C)=O)[C@H]3OC(C)=O)[C@@H](C)O[C@@H](O[C@@H]3[C@@H](OC(C)=O)[C@H]4OC(=O)CCCCCCCCC[C@H](CCCCC)O[C@@H]5O[C@H](C)[C@H](OC(C)=O)[C@H](OC(C)=O)[C@H]5O[C@@H]4O[C@H]3C)[C@@H]2OC(=O)CCCCCCCCCCCCCCC)[C@H](OC(C)=O)[C@@H](OC(C)=O)[C@@H]1O. The molecule has 6 aliphatic heterocycles. The van der Waals surface area contributed by atoms with Crippen LogP contribution in [0.15, 0.2) is 0 Å². The summed E-state index contributed by atoms with van der Waals surface area (Å²) in [4.78, 5) is 154. The predicted octanol–water partition coefficient (Wildman–Crippen LogP) is 21.9. The van der Waals surface area contributed by atoms with Gasteiger partial charge in [-0.2, -0.15) is 0 Å². The summed E-state index contributed by atoms with van der Waals surface area (Å²) in [7, 11) is 0.